The molecule has 2 atom stereocenters. The first-order chi connectivity index (χ1) is 18.2. The zero-order valence-electron chi connectivity index (χ0n) is 21.5. The van der Waals surface area contributed by atoms with Gasteiger partial charge in [-0.3, -0.25) is 9.59 Å². The molecule has 3 aromatic rings. The number of amides is 2. The van der Waals surface area contributed by atoms with Gasteiger partial charge in [-0.1, -0.05) is 44.2 Å². The van der Waals surface area contributed by atoms with Crippen molar-refractivity contribution in [3.63, 3.8) is 0 Å². The molecule has 2 heterocycles. The van der Waals surface area contributed by atoms with Crippen LogP contribution < -0.4 is 10.6 Å². The van der Waals surface area contributed by atoms with Crippen LogP contribution in [-0.4, -0.2) is 49.7 Å². The molecule has 1 fully saturated rings. The van der Waals surface area contributed by atoms with Crippen molar-refractivity contribution >= 4 is 32.8 Å². The van der Waals surface area contributed by atoms with Gasteiger partial charge in [-0.2, -0.15) is 9.57 Å². The summed E-state index contributed by atoms with van der Waals surface area (Å²) in [6, 6.07) is 16.1. The first kappa shape index (κ1) is 27.4. The van der Waals surface area contributed by atoms with Crippen LogP contribution in [0.1, 0.15) is 55.6 Å². The third-order valence-corrected chi connectivity index (χ3v) is 8.59. The number of nitrogens with one attached hydrogen (secondary N) is 2. The lowest BCUT2D eigenvalue weighted by Gasteiger charge is -2.24. The lowest BCUT2D eigenvalue weighted by Crippen LogP contribution is -2.50. The van der Waals surface area contributed by atoms with E-state index in [0.717, 1.165) is 5.39 Å². The standard InChI is InChI=1S/C28H32N4O5S/c1-19(2)16-23(31-28(34)25-17-20-8-3-5-11-24(20)37-25)27(33)30-22-10-7-14-32(15-13-22)38(35,36)26-12-6-4-9-21(26)18-29/h3-6,8-9,11-12,17,19,22-23H,7,10,13-16H2,1-2H3,(H,30,33)(H,31,34)/t22-,23+/m1/s1. The van der Waals surface area contributed by atoms with E-state index in [4.69, 9.17) is 4.42 Å². The predicted molar refractivity (Wildman–Crippen MR) is 143 cm³/mol. The Morgan fingerprint density at radius 3 is 2.58 bits per heavy atom. The molecule has 200 valence electrons. The Labute approximate surface area is 222 Å². The summed E-state index contributed by atoms with van der Waals surface area (Å²) in [5.41, 5.74) is 0.705. The molecule has 0 saturated carbocycles. The van der Waals surface area contributed by atoms with E-state index in [1.54, 1.807) is 24.3 Å². The molecule has 0 bridgehead atoms. The van der Waals surface area contributed by atoms with Gasteiger partial charge in [0.25, 0.3) is 5.91 Å². The predicted octanol–water partition coefficient (Wildman–Crippen LogP) is 3.81. The summed E-state index contributed by atoms with van der Waals surface area (Å²) in [5.74, 6) is -0.479. The largest absolute Gasteiger partial charge is 0.451 e. The number of para-hydroxylation sites is 1. The maximum Gasteiger partial charge on any atom is 0.287 e. The molecule has 2 N–H and O–H groups in total. The lowest BCUT2D eigenvalue weighted by molar-refractivity contribution is -0.124. The fraction of sp³-hybridized carbons (Fsp3) is 0.393. The average molecular weight is 537 g/mol. The van der Waals surface area contributed by atoms with E-state index < -0.39 is 22.0 Å². The fourth-order valence-electron chi connectivity index (χ4n) is 4.71. The highest BCUT2D eigenvalue weighted by molar-refractivity contribution is 7.89. The first-order valence-corrected chi connectivity index (χ1v) is 14.2. The van der Waals surface area contributed by atoms with Crippen LogP contribution in [-0.2, 0) is 14.8 Å². The smallest absolute Gasteiger partial charge is 0.287 e. The molecule has 10 heteroatoms. The third kappa shape index (κ3) is 6.23. The van der Waals surface area contributed by atoms with Gasteiger partial charge in [0.2, 0.25) is 15.9 Å². The normalized spacial score (nSPS) is 17.5. The first-order valence-electron chi connectivity index (χ1n) is 12.8. The zero-order valence-corrected chi connectivity index (χ0v) is 22.3. The van der Waals surface area contributed by atoms with Crippen molar-refractivity contribution in [3.8, 4) is 6.07 Å². The van der Waals surface area contributed by atoms with Crippen LogP contribution in [0.15, 0.2) is 63.9 Å². The molecule has 0 aliphatic carbocycles. The van der Waals surface area contributed by atoms with E-state index in [2.05, 4.69) is 10.6 Å². The summed E-state index contributed by atoms with van der Waals surface area (Å²) >= 11 is 0. The molecular formula is C28H32N4O5S. The molecule has 9 nitrogen and oxygen atoms in total. The second-order valence-electron chi connectivity index (χ2n) is 9.95. The van der Waals surface area contributed by atoms with Gasteiger partial charge in [0.05, 0.1) is 10.5 Å². The number of sulfonamides is 1. The van der Waals surface area contributed by atoms with Gasteiger partial charge < -0.3 is 15.1 Å². The van der Waals surface area contributed by atoms with Gasteiger partial charge in [-0.15, -0.1) is 0 Å². The molecule has 4 rings (SSSR count). The molecule has 1 aromatic heterocycles. The van der Waals surface area contributed by atoms with Gasteiger partial charge in [0.15, 0.2) is 5.76 Å². The number of benzene rings is 2. The summed E-state index contributed by atoms with van der Waals surface area (Å²) in [5, 5.41) is 16.0. The fourth-order valence-corrected chi connectivity index (χ4v) is 6.34. The zero-order chi connectivity index (χ0) is 27.3. The minimum absolute atomic E-state index is 0.00437. The second-order valence-corrected chi connectivity index (χ2v) is 11.9. The van der Waals surface area contributed by atoms with Crippen molar-refractivity contribution in [2.75, 3.05) is 13.1 Å². The summed E-state index contributed by atoms with van der Waals surface area (Å²) < 4.78 is 33.5. The van der Waals surface area contributed by atoms with Gasteiger partial charge >= 0.3 is 0 Å². The molecule has 0 radical (unpaired) electrons. The highest BCUT2D eigenvalue weighted by Crippen LogP contribution is 2.23. The topological polar surface area (TPSA) is 133 Å². The molecule has 38 heavy (non-hydrogen) atoms. The molecular weight excluding hydrogens is 504 g/mol. The Bertz CT molecular complexity index is 1420. The third-order valence-electron chi connectivity index (χ3n) is 6.64. The number of rotatable bonds is 8. The van der Waals surface area contributed by atoms with Crippen molar-refractivity contribution in [3.05, 3.63) is 65.9 Å². The van der Waals surface area contributed by atoms with Crippen LogP contribution in [0.25, 0.3) is 11.0 Å². The van der Waals surface area contributed by atoms with Crippen molar-refractivity contribution in [2.45, 2.75) is 56.5 Å². The van der Waals surface area contributed by atoms with Crippen LogP contribution in [0.5, 0.6) is 0 Å². The molecule has 1 saturated heterocycles. The van der Waals surface area contributed by atoms with Crippen molar-refractivity contribution in [2.24, 2.45) is 5.92 Å². The van der Waals surface area contributed by atoms with Crippen LogP contribution >= 0.6 is 0 Å². The van der Waals surface area contributed by atoms with Gasteiger partial charge in [0.1, 0.15) is 17.7 Å². The average Bonchev–Trinajstić information content (AvgIpc) is 3.20. The van der Waals surface area contributed by atoms with Crippen molar-refractivity contribution < 1.29 is 22.4 Å². The number of hydrogen-bond acceptors (Lipinski definition) is 6. The van der Waals surface area contributed by atoms with E-state index in [0.29, 0.717) is 37.8 Å². The second kappa shape index (κ2) is 11.8. The summed E-state index contributed by atoms with van der Waals surface area (Å²) in [4.78, 5) is 26.2. The van der Waals surface area contributed by atoms with Crippen molar-refractivity contribution in [1.82, 2.24) is 14.9 Å². The summed E-state index contributed by atoms with van der Waals surface area (Å²) in [7, 11) is -3.84. The minimum atomic E-state index is -3.84. The maximum absolute atomic E-state index is 13.3. The quantitative estimate of drug-likeness (QED) is 0.450. The number of fused-ring (bicyclic) bond motifs is 1. The Balaban J connectivity index is 1.41. The molecule has 0 spiro atoms. The number of carbonyl (C=O) groups excluding carboxylic acids is 2. The van der Waals surface area contributed by atoms with E-state index in [1.807, 2.05) is 38.1 Å². The van der Waals surface area contributed by atoms with Crippen LogP contribution in [0, 0.1) is 17.2 Å². The molecule has 0 unspecified atom stereocenters. The Morgan fingerprint density at radius 1 is 1.11 bits per heavy atom. The number of furan rings is 1. The van der Waals surface area contributed by atoms with E-state index in [-0.39, 0.29) is 40.6 Å². The number of nitriles is 1. The number of nitrogens with zero attached hydrogens (tertiary/aromatic N) is 2. The molecule has 2 aromatic carbocycles. The minimum Gasteiger partial charge on any atom is -0.451 e. The van der Waals surface area contributed by atoms with E-state index in [9.17, 15) is 23.3 Å². The monoisotopic (exact) mass is 536 g/mol. The number of hydrogen-bond donors (Lipinski definition) is 2. The van der Waals surface area contributed by atoms with Gasteiger partial charge in [-0.05, 0) is 55.9 Å². The highest BCUT2D eigenvalue weighted by atomic mass is 32.2. The number of carbonyl (C=O) groups is 2. The maximum atomic E-state index is 13.3. The molecule has 1 aliphatic rings. The molecule has 1 aliphatic heterocycles. The van der Waals surface area contributed by atoms with Crippen molar-refractivity contribution in [1.29, 1.82) is 5.26 Å². The summed E-state index contributed by atoms with van der Waals surface area (Å²) in [6.07, 6.45) is 2.02. The Hall–Kier alpha value is -3.68. The Kier molecular flexibility index (Phi) is 8.49. The van der Waals surface area contributed by atoms with E-state index >= 15 is 0 Å². The Morgan fingerprint density at radius 2 is 1.84 bits per heavy atom. The summed E-state index contributed by atoms with van der Waals surface area (Å²) in [6.45, 7) is 4.46. The highest BCUT2D eigenvalue weighted by Gasteiger charge is 2.31. The molecule has 2 amide bonds. The van der Waals surface area contributed by atoms with Gasteiger partial charge in [-0.25, -0.2) is 8.42 Å². The van der Waals surface area contributed by atoms with Crippen LogP contribution in [0.2, 0.25) is 0 Å². The van der Waals surface area contributed by atoms with E-state index in [1.165, 1.54) is 16.4 Å². The van der Waals surface area contributed by atoms with Gasteiger partial charge in [0, 0.05) is 24.5 Å². The lowest BCUT2D eigenvalue weighted by atomic mass is 10.0. The van der Waals surface area contributed by atoms with Crippen LogP contribution in [0.3, 0.4) is 0 Å². The SMILES string of the molecule is CC(C)C[C@H](NC(=O)c1cc2ccccc2o1)C(=O)N[C@@H]1CCCN(S(=O)(=O)c2ccccc2C#N)CC1. The van der Waals surface area contributed by atoms with Crippen LogP contribution in [0.4, 0.5) is 0 Å².